The lowest BCUT2D eigenvalue weighted by molar-refractivity contribution is 0.442. The minimum absolute atomic E-state index is 0.573. The minimum atomic E-state index is 0.573. The van der Waals surface area contributed by atoms with Crippen LogP contribution in [0.3, 0.4) is 0 Å². The normalized spacial score (nSPS) is 22.2. The number of thioether (sulfide) groups is 1. The number of rotatable bonds is 3. The lowest BCUT2D eigenvalue weighted by Crippen LogP contribution is -2.41. The monoisotopic (exact) mass is 326 g/mol. The molecule has 18 heavy (non-hydrogen) atoms. The molecule has 1 fully saturated rings. The van der Waals surface area contributed by atoms with E-state index in [0.717, 1.165) is 16.2 Å². The molecule has 0 spiro atoms. The third-order valence-corrected chi connectivity index (χ3v) is 4.87. The van der Waals surface area contributed by atoms with Crippen LogP contribution in [0.1, 0.15) is 25.8 Å². The zero-order chi connectivity index (χ0) is 13.0. The highest BCUT2D eigenvalue weighted by Gasteiger charge is 2.19. The molecule has 0 radical (unpaired) electrons. The molecule has 1 aliphatic rings. The molecule has 0 saturated carbocycles. The molecule has 1 saturated heterocycles. The molecule has 1 aromatic carbocycles. The third kappa shape index (κ3) is 3.75. The fourth-order valence-corrected chi connectivity index (χ4v) is 3.30. The second-order valence-corrected chi connectivity index (χ2v) is 6.78. The zero-order valence-electron chi connectivity index (χ0n) is 10.8. The average Bonchev–Trinajstić information content (AvgIpc) is 2.38. The van der Waals surface area contributed by atoms with E-state index >= 15 is 0 Å². The van der Waals surface area contributed by atoms with Gasteiger partial charge >= 0.3 is 0 Å². The molecule has 1 aromatic rings. The molecule has 0 aliphatic carbocycles. The first-order valence-corrected chi connectivity index (χ1v) is 8.12. The summed E-state index contributed by atoms with van der Waals surface area (Å²) in [5.74, 6) is 1.84. The summed E-state index contributed by atoms with van der Waals surface area (Å²) in [6.07, 6.45) is 1.23. The molecule has 1 atom stereocenters. The molecule has 0 bridgehead atoms. The SMILES string of the molecule is CC(C)C1CCSC(=NCc2ccccc2Br)N1. The molecule has 0 aromatic heterocycles. The highest BCUT2D eigenvalue weighted by atomic mass is 79.9. The molecule has 1 unspecified atom stereocenters. The topological polar surface area (TPSA) is 24.4 Å². The molecule has 1 aliphatic heterocycles. The Kier molecular flexibility index (Phi) is 5.13. The number of hydrogen-bond donors (Lipinski definition) is 1. The van der Waals surface area contributed by atoms with Gasteiger partial charge in [0.2, 0.25) is 0 Å². The highest BCUT2D eigenvalue weighted by molar-refractivity contribution is 9.10. The van der Waals surface area contributed by atoms with Crippen LogP contribution in [0.25, 0.3) is 0 Å². The molecule has 1 N–H and O–H groups in total. The summed E-state index contributed by atoms with van der Waals surface area (Å²) >= 11 is 5.39. The van der Waals surface area contributed by atoms with Gasteiger partial charge in [0.15, 0.2) is 5.17 Å². The van der Waals surface area contributed by atoms with Crippen molar-refractivity contribution in [2.45, 2.75) is 32.9 Å². The van der Waals surface area contributed by atoms with E-state index < -0.39 is 0 Å². The van der Waals surface area contributed by atoms with Crippen LogP contribution < -0.4 is 5.32 Å². The predicted molar refractivity (Wildman–Crippen MR) is 84.1 cm³/mol. The fraction of sp³-hybridized carbons (Fsp3) is 0.500. The number of amidine groups is 1. The summed E-state index contributed by atoms with van der Waals surface area (Å²) in [5.41, 5.74) is 1.24. The Morgan fingerprint density at radius 2 is 2.22 bits per heavy atom. The van der Waals surface area contributed by atoms with Crippen molar-refractivity contribution in [3.63, 3.8) is 0 Å². The minimum Gasteiger partial charge on any atom is -0.362 e. The summed E-state index contributed by atoms with van der Waals surface area (Å²) in [7, 11) is 0. The first-order valence-electron chi connectivity index (χ1n) is 6.34. The van der Waals surface area contributed by atoms with Crippen LogP contribution in [-0.4, -0.2) is 17.0 Å². The van der Waals surface area contributed by atoms with Crippen LogP contribution in [0.5, 0.6) is 0 Å². The first-order chi connectivity index (χ1) is 8.66. The Balaban J connectivity index is 1.99. The van der Waals surface area contributed by atoms with Gasteiger partial charge in [0.05, 0.1) is 6.54 Å². The summed E-state index contributed by atoms with van der Waals surface area (Å²) in [6, 6.07) is 8.83. The molecular formula is C14H19BrN2S. The maximum atomic E-state index is 4.69. The van der Waals surface area contributed by atoms with E-state index in [1.165, 1.54) is 17.7 Å². The van der Waals surface area contributed by atoms with Crippen molar-refractivity contribution in [3.05, 3.63) is 34.3 Å². The number of aliphatic imine (C=N–C) groups is 1. The van der Waals surface area contributed by atoms with Gasteiger partial charge in [-0.25, -0.2) is 0 Å². The second kappa shape index (κ2) is 6.62. The van der Waals surface area contributed by atoms with Crippen molar-refractivity contribution in [2.75, 3.05) is 5.75 Å². The van der Waals surface area contributed by atoms with E-state index in [0.29, 0.717) is 12.0 Å². The standard InChI is InChI=1S/C14H19BrN2S/c1-10(2)13-7-8-18-14(17-13)16-9-11-5-3-4-6-12(11)15/h3-6,10,13H,7-9H2,1-2H3,(H,16,17). The maximum absolute atomic E-state index is 4.69. The number of benzene rings is 1. The Bertz CT molecular complexity index is 432. The van der Waals surface area contributed by atoms with Crippen molar-refractivity contribution < 1.29 is 0 Å². The molecule has 4 heteroatoms. The summed E-state index contributed by atoms with van der Waals surface area (Å²) in [4.78, 5) is 4.69. The molecule has 98 valence electrons. The van der Waals surface area contributed by atoms with Gasteiger partial charge in [0.1, 0.15) is 0 Å². The lowest BCUT2D eigenvalue weighted by atomic mass is 10.0. The van der Waals surface area contributed by atoms with E-state index in [1.54, 1.807) is 0 Å². The first kappa shape index (κ1) is 13.9. The predicted octanol–water partition coefficient (Wildman–Crippen LogP) is 4.06. The van der Waals surface area contributed by atoms with Crippen molar-refractivity contribution in [1.82, 2.24) is 5.32 Å². The fourth-order valence-electron chi connectivity index (χ4n) is 1.93. The van der Waals surface area contributed by atoms with Gasteiger partial charge in [0, 0.05) is 16.3 Å². The van der Waals surface area contributed by atoms with Crippen molar-refractivity contribution in [1.29, 1.82) is 0 Å². The van der Waals surface area contributed by atoms with Gasteiger partial charge in [-0.05, 0) is 24.0 Å². The van der Waals surface area contributed by atoms with Crippen LogP contribution in [-0.2, 0) is 6.54 Å². The van der Waals surface area contributed by atoms with Gasteiger partial charge in [-0.15, -0.1) is 0 Å². The molecule has 0 amide bonds. The van der Waals surface area contributed by atoms with Gasteiger partial charge < -0.3 is 5.32 Å². The van der Waals surface area contributed by atoms with E-state index in [1.807, 2.05) is 17.8 Å². The molecular weight excluding hydrogens is 308 g/mol. The van der Waals surface area contributed by atoms with Gasteiger partial charge in [-0.3, -0.25) is 4.99 Å². The van der Waals surface area contributed by atoms with Crippen LogP contribution in [0.4, 0.5) is 0 Å². The molecule has 2 rings (SSSR count). The summed E-state index contributed by atoms with van der Waals surface area (Å²) in [5, 5.41) is 4.63. The quantitative estimate of drug-likeness (QED) is 0.905. The number of nitrogens with zero attached hydrogens (tertiary/aromatic N) is 1. The van der Waals surface area contributed by atoms with Crippen molar-refractivity contribution in [2.24, 2.45) is 10.9 Å². The summed E-state index contributed by atoms with van der Waals surface area (Å²) < 4.78 is 1.13. The Morgan fingerprint density at radius 3 is 2.94 bits per heavy atom. The third-order valence-electron chi connectivity index (χ3n) is 3.13. The van der Waals surface area contributed by atoms with Crippen molar-refractivity contribution >= 4 is 32.9 Å². The van der Waals surface area contributed by atoms with E-state index in [4.69, 9.17) is 0 Å². The number of hydrogen-bond acceptors (Lipinski definition) is 2. The Labute approximate surface area is 122 Å². The second-order valence-electron chi connectivity index (χ2n) is 4.84. The van der Waals surface area contributed by atoms with Crippen LogP contribution in [0.2, 0.25) is 0 Å². The van der Waals surface area contributed by atoms with Crippen LogP contribution in [0, 0.1) is 5.92 Å². The molecule has 2 nitrogen and oxygen atoms in total. The van der Waals surface area contributed by atoms with Gasteiger partial charge in [-0.2, -0.15) is 0 Å². The van der Waals surface area contributed by atoms with Crippen LogP contribution >= 0.6 is 27.7 Å². The Hall–Kier alpha value is -0.480. The van der Waals surface area contributed by atoms with Crippen LogP contribution in [0.15, 0.2) is 33.7 Å². The number of nitrogens with one attached hydrogen (secondary N) is 1. The van der Waals surface area contributed by atoms with Gasteiger partial charge in [-0.1, -0.05) is 59.7 Å². The number of halogens is 1. The lowest BCUT2D eigenvalue weighted by Gasteiger charge is -2.28. The van der Waals surface area contributed by atoms with Gasteiger partial charge in [0.25, 0.3) is 0 Å². The van der Waals surface area contributed by atoms with E-state index in [9.17, 15) is 0 Å². The zero-order valence-corrected chi connectivity index (χ0v) is 13.2. The maximum Gasteiger partial charge on any atom is 0.157 e. The van der Waals surface area contributed by atoms with Crippen molar-refractivity contribution in [3.8, 4) is 0 Å². The smallest absolute Gasteiger partial charge is 0.157 e. The Morgan fingerprint density at radius 1 is 1.44 bits per heavy atom. The summed E-state index contributed by atoms with van der Waals surface area (Å²) in [6.45, 7) is 5.26. The van der Waals surface area contributed by atoms with E-state index in [2.05, 4.69) is 58.3 Å². The largest absolute Gasteiger partial charge is 0.362 e. The average molecular weight is 327 g/mol. The molecule has 1 heterocycles. The highest BCUT2D eigenvalue weighted by Crippen LogP contribution is 2.21. The van der Waals surface area contributed by atoms with E-state index in [-0.39, 0.29) is 0 Å².